The summed E-state index contributed by atoms with van der Waals surface area (Å²) in [6, 6.07) is 2.32. The molecule has 0 aromatic carbocycles. The van der Waals surface area contributed by atoms with Crippen LogP contribution in [-0.4, -0.2) is 10.7 Å². The Balaban J connectivity index is 3.02. The molecule has 0 spiro atoms. The Morgan fingerprint density at radius 3 is 2.50 bits per heavy atom. The van der Waals surface area contributed by atoms with E-state index in [1.165, 1.54) is 5.56 Å². The van der Waals surface area contributed by atoms with Crippen LogP contribution in [0, 0.1) is 31.1 Å². The van der Waals surface area contributed by atoms with E-state index in [9.17, 15) is 5.26 Å². The van der Waals surface area contributed by atoms with Gasteiger partial charge in [0, 0.05) is 5.69 Å². The Morgan fingerprint density at radius 1 is 1.33 bits per heavy atom. The van der Waals surface area contributed by atoms with E-state index in [-0.39, 0.29) is 0 Å². The first kappa shape index (κ1) is 15.0. The highest BCUT2D eigenvalue weighted by molar-refractivity contribution is 7.99. The van der Waals surface area contributed by atoms with Crippen molar-refractivity contribution in [2.24, 2.45) is 5.92 Å². The van der Waals surface area contributed by atoms with E-state index < -0.39 is 0 Å². The van der Waals surface area contributed by atoms with Gasteiger partial charge in [0.05, 0.1) is 5.56 Å². The molecule has 98 valence electrons. The minimum Gasteiger partial charge on any atom is -0.245 e. The number of hydrogen-bond donors (Lipinski definition) is 0. The highest BCUT2D eigenvalue weighted by Gasteiger charge is 2.14. The molecule has 0 atom stereocenters. The van der Waals surface area contributed by atoms with Crippen molar-refractivity contribution in [3.05, 3.63) is 22.4 Å². The van der Waals surface area contributed by atoms with Gasteiger partial charge in [-0.1, -0.05) is 20.8 Å². The molecule has 0 amide bonds. The van der Waals surface area contributed by atoms with Gasteiger partial charge < -0.3 is 0 Å². The molecule has 1 aromatic rings. The summed E-state index contributed by atoms with van der Waals surface area (Å²) in [6.45, 7) is 10.6. The van der Waals surface area contributed by atoms with E-state index in [4.69, 9.17) is 0 Å². The molecule has 2 nitrogen and oxygen atoms in total. The second kappa shape index (κ2) is 6.80. The zero-order chi connectivity index (χ0) is 13.7. The van der Waals surface area contributed by atoms with E-state index in [0.717, 1.165) is 40.4 Å². The highest BCUT2D eigenvalue weighted by Crippen LogP contribution is 2.28. The van der Waals surface area contributed by atoms with Crippen LogP contribution in [-0.2, 0) is 6.42 Å². The van der Waals surface area contributed by atoms with Crippen LogP contribution in [0.25, 0.3) is 0 Å². The summed E-state index contributed by atoms with van der Waals surface area (Å²) < 4.78 is 0. The maximum absolute atomic E-state index is 9.32. The average molecular weight is 262 g/mol. The molecule has 0 saturated carbocycles. The van der Waals surface area contributed by atoms with Gasteiger partial charge >= 0.3 is 0 Å². The van der Waals surface area contributed by atoms with Crippen molar-refractivity contribution in [2.45, 2.75) is 52.5 Å². The average Bonchev–Trinajstić information content (AvgIpc) is 2.29. The van der Waals surface area contributed by atoms with Gasteiger partial charge in [-0.3, -0.25) is 0 Å². The number of thioether (sulfide) groups is 1. The molecule has 0 aliphatic heterocycles. The maximum Gasteiger partial charge on any atom is 0.114 e. The van der Waals surface area contributed by atoms with Crippen molar-refractivity contribution in [1.82, 2.24) is 4.98 Å². The van der Waals surface area contributed by atoms with Crippen LogP contribution in [0.1, 0.15) is 49.6 Å². The molecule has 1 rings (SSSR count). The SMILES string of the molecule is CCc1c(C)nc(SCCC(C)C)c(C#N)c1C. The van der Waals surface area contributed by atoms with Crippen molar-refractivity contribution in [3.8, 4) is 6.07 Å². The number of nitrogens with zero attached hydrogens (tertiary/aromatic N) is 2. The Bertz CT molecular complexity index is 459. The Hall–Kier alpha value is -1.01. The van der Waals surface area contributed by atoms with Crippen LogP contribution < -0.4 is 0 Å². The lowest BCUT2D eigenvalue weighted by molar-refractivity contribution is 0.632. The summed E-state index contributed by atoms with van der Waals surface area (Å²) >= 11 is 1.71. The van der Waals surface area contributed by atoms with Gasteiger partial charge in [-0.05, 0) is 49.5 Å². The van der Waals surface area contributed by atoms with Gasteiger partial charge in [0.25, 0.3) is 0 Å². The molecule has 0 aliphatic rings. The first-order valence-corrected chi connectivity index (χ1v) is 7.52. The molecule has 1 heterocycles. The number of rotatable bonds is 5. The predicted molar refractivity (Wildman–Crippen MR) is 78.0 cm³/mol. The lowest BCUT2D eigenvalue weighted by atomic mass is 10.0. The first-order valence-electron chi connectivity index (χ1n) is 6.54. The van der Waals surface area contributed by atoms with E-state index >= 15 is 0 Å². The molecule has 0 aliphatic carbocycles. The normalized spacial score (nSPS) is 10.7. The summed E-state index contributed by atoms with van der Waals surface area (Å²) in [4.78, 5) is 4.61. The van der Waals surface area contributed by atoms with Gasteiger partial charge in [-0.25, -0.2) is 4.98 Å². The second-order valence-corrected chi connectivity index (χ2v) is 6.06. The topological polar surface area (TPSA) is 36.7 Å². The van der Waals surface area contributed by atoms with Crippen LogP contribution >= 0.6 is 11.8 Å². The van der Waals surface area contributed by atoms with E-state index in [1.54, 1.807) is 11.8 Å². The van der Waals surface area contributed by atoms with Crippen molar-refractivity contribution in [1.29, 1.82) is 5.26 Å². The van der Waals surface area contributed by atoms with Crippen LogP contribution in [0.15, 0.2) is 5.03 Å². The third-order valence-corrected chi connectivity index (χ3v) is 4.16. The molecule has 0 bridgehead atoms. The van der Waals surface area contributed by atoms with Gasteiger partial charge in [-0.2, -0.15) is 5.26 Å². The molecule has 18 heavy (non-hydrogen) atoms. The van der Waals surface area contributed by atoms with Crippen molar-refractivity contribution < 1.29 is 0 Å². The smallest absolute Gasteiger partial charge is 0.114 e. The number of aromatic nitrogens is 1. The number of hydrogen-bond acceptors (Lipinski definition) is 3. The van der Waals surface area contributed by atoms with Crippen molar-refractivity contribution >= 4 is 11.8 Å². The fourth-order valence-corrected chi connectivity index (χ4v) is 3.33. The Labute approximate surface area is 115 Å². The van der Waals surface area contributed by atoms with Gasteiger partial charge in [0.15, 0.2) is 0 Å². The Kier molecular flexibility index (Phi) is 5.68. The largest absolute Gasteiger partial charge is 0.245 e. The van der Waals surface area contributed by atoms with Crippen LogP contribution in [0.4, 0.5) is 0 Å². The molecule has 0 radical (unpaired) electrons. The summed E-state index contributed by atoms with van der Waals surface area (Å²) in [5, 5.41) is 10.2. The molecule has 3 heteroatoms. The molecule has 1 aromatic heterocycles. The number of aryl methyl sites for hydroxylation is 1. The first-order chi connectivity index (χ1) is 8.51. The lowest BCUT2D eigenvalue weighted by Crippen LogP contribution is -2.02. The van der Waals surface area contributed by atoms with E-state index in [1.807, 2.05) is 13.8 Å². The van der Waals surface area contributed by atoms with Gasteiger partial charge in [0.1, 0.15) is 11.1 Å². The summed E-state index contributed by atoms with van der Waals surface area (Å²) in [7, 11) is 0. The number of pyridine rings is 1. The van der Waals surface area contributed by atoms with Gasteiger partial charge in [0.2, 0.25) is 0 Å². The molecule has 0 unspecified atom stereocenters. The minimum absolute atomic E-state index is 0.695. The van der Waals surface area contributed by atoms with Gasteiger partial charge in [-0.15, -0.1) is 11.8 Å². The third-order valence-electron chi connectivity index (χ3n) is 3.15. The lowest BCUT2D eigenvalue weighted by Gasteiger charge is -2.13. The zero-order valence-corrected chi connectivity index (χ0v) is 12.8. The van der Waals surface area contributed by atoms with Crippen LogP contribution in [0.3, 0.4) is 0 Å². The van der Waals surface area contributed by atoms with Crippen LogP contribution in [0.2, 0.25) is 0 Å². The highest BCUT2D eigenvalue weighted by atomic mass is 32.2. The van der Waals surface area contributed by atoms with Crippen molar-refractivity contribution in [3.63, 3.8) is 0 Å². The number of nitriles is 1. The summed E-state index contributed by atoms with van der Waals surface area (Å²) in [6.07, 6.45) is 2.10. The fraction of sp³-hybridized carbons (Fsp3) is 0.600. The second-order valence-electron chi connectivity index (χ2n) is 4.98. The molecule has 0 N–H and O–H groups in total. The fourth-order valence-electron chi connectivity index (χ4n) is 2.01. The maximum atomic E-state index is 9.32. The molecular formula is C15H22N2S. The minimum atomic E-state index is 0.695. The molecule has 0 fully saturated rings. The quantitative estimate of drug-likeness (QED) is 0.743. The predicted octanol–water partition coefficient (Wildman–Crippen LogP) is 4.27. The Morgan fingerprint density at radius 2 is 2.00 bits per heavy atom. The summed E-state index contributed by atoms with van der Waals surface area (Å²) in [5.74, 6) is 1.73. The summed E-state index contributed by atoms with van der Waals surface area (Å²) in [5.41, 5.74) is 4.17. The van der Waals surface area contributed by atoms with Crippen molar-refractivity contribution in [2.75, 3.05) is 5.75 Å². The monoisotopic (exact) mass is 262 g/mol. The van der Waals surface area contributed by atoms with E-state index in [2.05, 4.69) is 31.8 Å². The zero-order valence-electron chi connectivity index (χ0n) is 12.0. The molecular weight excluding hydrogens is 240 g/mol. The third kappa shape index (κ3) is 3.49. The molecule has 0 saturated heterocycles. The van der Waals surface area contributed by atoms with Crippen LogP contribution in [0.5, 0.6) is 0 Å². The van der Waals surface area contributed by atoms with E-state index in [0.29, 0.717) is 5.92 Å². The standard InChI is InChI=1S/C15H22N2S/c1-6-13-11(4)14(9-16)15(17-12(13)5)18-8-7-10(2)3/h10H,6-8H2,1-5H3.